The molecule has 0 bridgehead atoms. The summed E-state index contributed by atoms with van der Waals surface area (Å²) < 4.78 is 25.1. The smallest absolute Gasteiger partial charge is 0.178 e. The van der Waals surface area contributed by atoms with Crippen molar-refractivity contribution in [1.82, 2.24) is 0 Å². The van der Waals surface area contributed by atoms with Crippen LogP contribution in [0.1, 0.15) is 53.4 Å². The molecule has 2 nitrogen and oxygen atoms in total. The van der Waals surface area contributed by atoms with Crippen molar-refractivity contribution in [3.8, 4) is 0 Å². The van der Waals surface area contributed by atoms with E-state index in [1.54, 1.807) is 24.3 Å². The number of rotatable bonds is 5. The Morgan fingerprint density at radius 1 is 1.12 bits per heavy atom. The molecule has 3 heteroatoms. The van der Waals surface area contributed by atoms with Gasteiger partial charge in [-0.25, -0.2) is 8.42 Å². The van der Waals surface area contributed by atoms with Gasteiger partial charge >= 0.3 is 0 Å². The molecule has 3 atom stereocenters. The van der Waals surface area contributed by atoms with Crippen LogP contribution in [0.3, 0.4) is 0 Å². The Bertz CT molecular complexity index is 730. The molecule has 0 aliphatic heterocycles. The fraction of sp³-hybridized carbons (Fsp3) is 0.619. The van der Waals surface area contributed by atoms with E-state index in [1.807, 2.05) is 6.07 Å². The Morgan fingerprint density at radius 2 is 1.79 bits per heavy atom. The Kier molecular flexibility index (Phi) is 4.44. The second-order valence-corrected chi connectivity index (χ2v) is 11.1. The standard InChI is InChI=1S/C21H30O2S/c1-16(10-11-24(22,23)19-8-6-5-7-9-19)17-12-20(2,3)14-18-15-21(18,4)13-17/h5-9,13,16,18H,10-12,14-15H2,1-4H3/t16-,18-,21+/m0/s1. The van der Waals surface area contributed by atoms with Gasteiger partial charge in [0, 0.05) is 0 Å². The Hall–Kier alpha value is -1.09. The molecule has 1 saturated carbocycles. The zero-order chi connectivity index (χ0) is 17.6. The molecule has 0 N–H and O–H groups in total. The molecule has 3 rings (SSSR count). The van der Waals surface area contributed by atoms with Crippen molar-refractivity contribution < 1.29 is 8.42 Å². The summed E-state index contributed by atoms with van der Waals surface area (Å²) in [6, 6.07) is 8.84. The number of allylic oxidation sites excluding steroid dienone is 2. The Balaban J connectivity index is 1.71. The van der Waals surface area contributed by atoms with Gasteiger partial charge in [-0.3, -0.25) is 0 Å². The van der Waals surface area contributed by atoms with Crippen molar-refractivity contribution in [2.75, 3.05) is 5.75 Å². The lowest BCUT2D eigenvalue weighted by Gasteiger charge is -2.27. The van der Waals surface area contributed by atoms with Gasteiger partial charge in [0.1, 0.15) is 0 Å². The SMILES string of the molecule is C[C@@H](CCS(=O)(=O)c1ccccc1)C1=C[C@]2(C)C[C@@H]2CC(C)(C)C1. The second-order valence-electron chi connectivity index (χ2n) is 8.99. The summed E-state index contributed by atoms with van der Waals surface area (Å²) >= 11 is 0. The van der Waals surface area contributed by atoms with Crippen molar-refractivity contribution in [1.29, 1.82) is 0 Å². The third kappa shape index (κ3) is 3.77. The van der Waals surface area contributed by atoms with E-state index in [0.717, 1.165) is 12.3 Å². The van der Waals surface area contributed by atoms with Gasteiger partial charge in [0.15, 0.2) is 9.84 Å². The fourth-order valence-corrected chi connectivity index (χ4v) is 5.77. The summed E-state index contributed by atoms with van der Waals surface area (Å²) in [5.41, 5.74) is 2.18. The molecule has 1 aromatic carbocycles. The molecule has 1 aromatic rings. The molecular weight excluding hydrogens is 316 g/mol. The predicted octanol–water partition coefficient (Wildman–Crippen LogP) is 5.26. The van der Waals surface area contributed by atoms with Crippen molar-refractivity contribution in [2.24, 2.45) is 22.7 Å². The zero-order valence-electron chi connectivity index (χ0n) is 15.4. The highest BCUT2D eigenvalue weighted by atomic mass is 32.2. The van der Waals surface area contributed by atoms with Gasteiger partial charge in [-0.15, -0.1) is 0 Å². The number of sulfone groups is 1. The minimum Gasteiger partial charge on any atom is -0.224 e. The van der Waals surface area contributed by atoms with Crippen molar-refractivity contribution >= 4 is 9.84 Å². The highest BCUT2D eigenvalue weighted by molar-refractivity contribution is 7.91. The Morgan fingerprint density at radius 3 is 2.46 bits per heavy atom. The molecule has 0 aromatic heterocycles. The Labute approximate surface area is 147 Å². The van der Waals surface area contributed by atoms with Crippen molar-refractivity contribution in [2.45, 2.75) is 58.3 Å². The van der Waals surface area contributed by atoms with Crippen LogP contribution in [-0.4, -0.2) is 14.2 Å². The minimum absolute atomic E-state index is 0.232. The first-order valence-electron chi connectivity index (χ1n) is 9.11. The highest BCUT2D eigenvalue weighted by Crippen LogP contribution is 2.62. The topological polar surface area (TPSA) is 34.1 Å². The number of hydrogen-bond donors (Lipinski definition) is 0. The molecule has 0 radical (unpaired) electrons. The van der Waals surface area contributed by atoms with Gasteiger partial charge in [0.25, 0.3) is 0 Å². The lowest BCUT2D eigenvalue weighted by Crippen LogP contribution is -2.17. The molecule has 0 spiro atoms. The van der Waals surface area contributed by atoms with Crippen LogP contribution in [0.2, 0.25) is 0 Å². The summed E-state index contributed by atoms with van der Waals surface area (Å²) in [5, 5.41) is 0. The lowest BCUT2D eigenvalue weighted by molar-refractivity contribution is 0.300. The van der Waals surface area contributed by atoms with E-state index >= 15 is 0 Å². The van der Waals surface area contributed by atoms with E-state index in [2.05, 4.69) is 33.8 Å². The zero-order valence-corrected chi connectivity index (χ0v) is 16.2. The summed E-state index contributed by atoms with van der Waals surface area (Å²) in [5.74, 6) is 1.39. The third-order valence-corrected chi connectivity index (χ3v) is 7.77. The van der Waals surface area contributed by atoms with Gasteiger partial charge in [-0.05, 0) is 60.5 Å². The maximum Gasteiger partial charge on any atom is 0.178 e. The monoisotopic (exact) mass is 346 g/mol. The van der Waals surface area contributed by atoms with Gasteiger partial charge in [-0.2, -0.15) is 0 Å². The normalized spacial score (nSPS) is 30.0. The van der Waals surface area contributed by atoms with Crippen molar-refractivity contribution in [3.05, 3.63) is 42.0 Å². The van der Waals surface area contributed by atoms with Crippen LogP contribution in [0, 0.1) is 22.7 Å². The van der Waals surface area contributed by atoms with Gasteiger partial charge in [-0.1, -0.05) is 57.5 Å². The summed E-state index contributed by atoms with van der Waals surface area (Å²) in [6.45, 7) is 9.29. The van der Waals surface area contributed by atoms with Gasteiger partial charge in [0.05, 0.1) is 10.6 Å². The van der Waals surface area contributed by atoms with Gasteiger partial charge < -0.3 is 0 Å². The van der Waals surface area contributed by atoms with E-state index in [4.69, 9.17) is 0 Å². The van der Waals surface area contributed by atoms with E-state index in [1.165, 1.54) is 18.4 Å². The van der Waals surface area contributed by atoms with Crippen LogP contribution in [0.15, 0.2) is 46.9 Å². The number of hydrogen-bond acceptors (Lipinski definition) is 2. The number of fused-ring (bicyclic) bond motifs is 1. The molecule has 0 amide bonds. The van der Waals surface area contributed by atoms with E-state index < -0.39 is 9.84 Å². The van der Waals surface area contributed by atoms with E-state index in [9.17, 15) is 8.42 Å². The predicted molar refractivity (Wildman–Crippen MR) is 99.6 cm³/mol. The maximum atomic E-state index is 12.5. The largest absolute Gasteiger partial charge is 0.224 e. The molecule has 0 saturated heterocycles. The molecule has 0 unspecified atom stereocenters. The third-order valence-electron chi connectivity index (χ3n) is 6.01. The van der Waals surface area contributed by atoms with Crippen LogP contribution in [0.4, 0.5) is 0 Å². The summed E-state index contributed by atoms with van der Waals surface area (Å²) in [4.78, 5) is 0.446. The molecule has 1 fully saturated rings. The van der Waals surface area contributed by atoms with E-state index in [-0.39, 0.29) is 5.75 Å². The summed E-state index contributed by atoms with van der Waals surface area (Å²) in [7, 11) is -3.18. The lowest BCUT2D eigenvalue weighted by atomic mass is 9.79. The quantitative estimate of drug-likeness (QED) is 0.682. The first-order valence-corrected chi connectivity index (χ1v) is 10.8. The second kappa shape index (κ2) is 6.01. The van der Waals surface area contributed by atoms with Crippen LogP contribution in [-0.2, 0) is 9.84 Å². The van der Waals surface area contributed by atoms with Crippen LogP contribution < -0.4 is 0 Å². The average molecular weight is 347 g/mol. The molecule has 132 valence electrons. The summed E-state index contributed by atoms with van der Waals surface area (Å²) in [6.07, 6.45) is 6.89. The molecule has 0 heterocycles. The van der Waals surface area contributed by atoms with Crippen LogP contribution >= 0.6 is 0 Å². The van der Waals surface area contributed by atoms with Crippen molar-refractivity contribution in [3.63, 3.8) is 0 Å². The van der Waals surface area contributed by atoms with Crippen LogP contribution in [0.25, 0.3) is 0 Å². The first-order chi connectivity index (χ1) is 11.1. The van der Waals surface area contributed by atoms with E-state index in [0.29, 0.717) is 28.1 Å². The highest BCUT2D eigenvalue weighted by Gasteiger charge is 2.52. The fourth-order valence-electron chi connectivity index (χ4n) is 4.30. The molecular formula is C21H30O2S. The number of benzene rings is 1. The minimum atomic E-state index is -3.18. The molecule has 24 heavy (non-hydrogen) atoms. The molecule has 2 aliphatic rings. The van der Waals surface area contributed by atoms with Gasteiger partial charge in [0.2, 0.25) is 0 Å². The van der Waals surface area contributed by atoms with Crippen LogP contribution in [0.5, 0.6) is 0 Å². The first kappa shape index (κ1) is 17.7. The average Bonchev–Trinajstić information content (AvgIpc) is 3.14. The molecule has 2 aliphatic carbocycles. The maximum absolute atomic E-state index is 12.5.